The van der Waals surface area contributed by atoms with E-state index in [0.717, 1.165) is 0 Å². The first kappa shape index (κ1) is 12.6. The monoisotopic (exact) mass is 265 g/mol. The molecule has 0 atom stereocenters. The van der Waals surface area contributed by atoms with Gasteiger partial charge >= 0.3 is 7.60 Å². The van der Waals surface area contributed by atoms with Crippen molar-refractivity contribution in [3.63, 3.8) is 0 Å². The Morgan fingerprint density at radius 1 is 1.06 bits per heavy atom. The topological polar surface area (TPSA) is 92.8 Å². The standard InChI is InChI=1S/C12H12NO4P/c13-11-8-10(18(14,15)16)6-7-12(11)17-9-4-2-1-3-5-9/h1-8H,13H2,(H2,14,15,16). The number of hydrogen-bond donors (Lipinski definition) is 3. The minimum absolute atomic E-state index is 0.125. The van der Waals surface area contributed by atoms with Gasteiger partial charge in [-0.25, -0.2) is 0 Å². The first-order chi connectivity index (χ1) is 8.47. The van der Waals surface area contributed by atoms with Gasteiger partial charge in [-0.05, 0) is 30.3 Å². The van der Waals surface area contributed by atoms with Crippen LogP contribution in [0.3, 0.4) is 0 Å². The average Bonchev–Trinajstić information content (AvgIpc) is 2.32. The molecule has 0 saturated heterocycles. The summed E-state index contributed by atoms with van der Waals surface area (Å²) in [5.41, 5.74) is 5.88. The fourth-order valence-corrected chi connectivity index (χ4v) is 2.00. The molecule has 0 aliphatic carbocycles. The summed E-state index contributed by atoms with van der Waals surface area (Å²) in [6.07, 6.45) is 0. The lowest BCUT2D eigenvalue weighted by atomic mass is 10.3. The lowest BCUT2D eigenvalue weighted by Gasteiger charge is -2.10. The summed E-state index contributed by atoms with van der Waals surface area (Å²) in [6.45, 7) is 0. The Morgan fingerprint density at radius 2 is 1.72 bits per heavy atom. The first-order valence-corrected chi connectivity index (χ1v) is 6.76. The molecule has 0 heterocycles. The molecule has 0 bridgehead atoms. The van der Waals surface area contributed by atoms with Gasteiger partial charge in [0.05, 0.1) is 11.0 Å². The van der Waals surface area contributed by atoms with Crippen molar-refractivity contribution in [1.29, 1.82) is 0 Å². The summed E-state index contributed by atoms with van der Waals surface area (Å²) in [5.74, 6) is 0.964. The normalized spacial score (nSPS) is 11.2. The number of nitrogens with two attached hydrogens (primary N) is 1. The largest absolute Gasteiger partial charge is 0.455 e. The van der Waals surface area contributed by atoms with E-state index in [1.807, 2.05) is 18.2 Å². The Morgan fingerprint density at radius 3 is 2.28 bits per heavy atom. The Balaban J connectivity index is 2.29. The Labute approximate surface area is 104 Å². The number of para-hydroxylation sites is 1. The van der Waals surface area contributed by atoms with E-state index in [1.54, 1.807) is 12.1 Å². The summed E-state index contributed by atoms with van der Waals surface area (Å²) in [7, 11) is -4.28. The van der Waals surface area contributed by atoms with Crippen LogP contribution in [0, 0.1) is 0 Å². The van der Waals surface area contributed by atoms with Crippen LogP contribution in [0.4, 0.5) is 5.69 Å². The summed E-state index contributed by atoms with van der Waals surface area (Å²) in [4.78, 5) is 18.0. The zero-order valence-electron chi connectivity index (χ0n) is 9.35. The highest BCUT2D eigenvalue weighted by molar-refractivity contribution is 7.60. The molecule has 5 nitrogen and oxygen atoms in total. The van der Waals surface area contributed by atoms with Gasteiger partial charge in [-0.15, -0.1) is 0 Å². The first-order valence-electron chi connectivity index (χ1n) is 5.15. The van der Waals surface area contributed by atoms with Crippen LogP contribution in [0.2, 0.25) is 0 Å². The van der Waals surface area contributed by atoms with Crippen LogP contribution >= 0.6 is 7.60 Å². The van der Waals surface area contributed by atoms with Crippen LogP contribution < -0.4 is 15.8 Å². The van der Waals surface area contributed by atoms with Gasteiger partial charge in [-0.3, -0.25) is 4.57 Å². The molecule has 94 valence electrons. The van der Waals surface area contributed by atoms with E-state index in [2.05, 4.69) is 0 Å². The predicted molar refractivity (Wildman–Crippen MR) is 69.0 cm³/mol. The molecule has 2 rings (SSSR count). The third-order valence-corrected chi connectivity index (χ3v) is 3.25. The smallest absolute Gasteiger partial charge is 0.356 e. The molecule has 0 amide bonds. The summed E-state index contributed by atoms with van der Waals surface area (Å²) >= 11 is 0. The molecular formula is C12H12NO4P. The third-order valence-electron chi connectivity index (χ3n) is 2.30. The fourth-order valence-electron chi connectivity index (χ4n) is 1.43. The molecule has 0 saturated carbocycles. The van der Waals surface area contributed by atoms with E-state index in [4.69, 9.17) is 20.3 Å². The minimum atomic E-state index is -4.28. The molecule has 0 unspecified atom stereocenters. The minimum Gasteiger partial charge on any atom is -0.455 e. The van der Waals surface area contributed by atoms with Crippen LogP contribution in [-0.2, 0) is 4.57 Å². The van der Waals surface area contributed by atoms with Gasteiger partial charge in [0.1, 0.15) is 11.5 Å². The number of ether oxygens (including phenoxy) is 1. The maximum atomic E-state index is 11.1. The van der Waals surface area contributed by atoms with Crippen LogP contribution in [0.5, 0.6) is 11.5 Å². The van der Waals surface area contributed by atoms with Crippen LogP contribution in [0.25, 0.3) is 0 Å². The van der Waals surface area contributed by atoms with Crippen molar-refractivity contribution in [3.8, 4) is 11.5 Å². The molecule has 2 aromatic rings. The van der Waals surface area contributed by atoms with Crippen molar-refractivity contribution in [1.82, 2.24) is 0 Å². The second kappa shape index (κ2) is 4.82. The van der Waals surface area contributed by atoms with E-state index in [9.17, 15) is 4.57 Å². The molecule has 18 heavy (non-hydrogen) atoms. The van der Waals surface area contributed by atoms with Gasteiger partial charge in [0.2, 0.25) is 0 Å². The van der Waals surface area contributed by atoms with Gasteiger partial charge in [0.25, 0.3) is 0 Å². The number of anilines is 1. The van der Waals surface area contributed by atoms with Gasteiger partial charge in [-0.1, -0.05) is 18.2 Å². The summed E-state index contributed by atoms with van der Waals surface area (Å²) in [6, 6.07) is 13.0. The molecule has 0 fully saturated rings. The lowest BCUT2D eigenvalue weighted by Crippen LogP contribution is -2.05. The summed E-state index contributed by atoms with van der Waals surface area (Å²) in [5, 5.41) is -0.125. The van der Waals surface area contributed by atoms with Crippen molar-refractivity contribution in [2.24, 2.45) is 0 Å². The van der Waals surface area contributed by atoms with Crippen molar-refractivity contribution in [2.75, 3.05) is 5.73 Å². The SMILES string of the molecule is Nc1cc(P(=O)(O)O)ccc1Oc1ccccc1. The van der Waals surface area contributed by atoms with Gasteiger partial charge in [0, 0.05) is 0 Å². The second-order valence-electron chi connectivity index (χ2n) is 3.68. The molecule has 0 spiro atoms. The Kier molecular flexibility index (Phi) is 3.39. The molecule has 0 radical (unpaired) electrons. The predicted octanol–water partition coefficient (Wildman–Crippen LogP) is 1.86. The molecular weight excluding hydrogens is 253 g/mol. The Hall–Kier alpha value is -1.81. The molecule has 0 aliphatic rings. The van der Waals surface area contributed by atoms with Gasteiger partial charge in [-0.2, -0.15) is 0 Å². The maximum absolute atomic E-state index is 11.1. The fraction of sp³-hybridized carbons (Fsp3) is 0. The van der Waals surface area contributed by atoms with Crippen LogP contribution in [-0.4, -0.2) is 9.79 Å². The van der Waals surface area contributed by atoms with Crippen molar-refractivity contribution in [2.45, 2.75) is 0 Å². The summed E-state index contributed by atoms with van der Waals surface area (Å²) < 4.78 is 16.6. The van der Waals surface area contributed by atoms with E-state index >= 15 is 0 Å². The third kappa shape index (κ3) is 2.90. The van der Waals surface area contributed by atoms with Gasteiger partial charge < -0.3 is 20.3 Å². The van der Waals surface area contributed by atoms with Gasteiger partial charge in [0.15, 0.2) is 0 Å². The van der Waals surface area contributed by atoms with Crippen molar-refractivity contribution < 1.29 is 19.1 Å². The Bertz CT molecular complexity index is 594. The van der Waals surface area contributed by atoms with E-state index in [0.29, 0.717) is 11.5 Å². The van der Waals surface area contributed by atoms with Crippen molar-refractivity contribution in [3.05, 3.63) is 48.5 Å². The molecule has 2 aromatic carbocycles. The zero-order valence-corrected chi connectivity index (χ0v) is 10.2. The quantitative estimate of drug-likeness (QED) is 0.582. The number of hydrogen-bond acceptors (Lipinski definition) is 3. The zero-order chi connectivity index (χ0) is 13.2. The van der Waals surface area contributed by atoms with E-state index < -0.39 is 7.60 Å². The number of nitrogen functional groups attached to an aromatic ring is 1. The second-order valence-corrected chi connectivity index (χ2v) is 5.29. The number of rotatable bonds is 3. The van der Waals surface area contributed by atoms with Crippen molar-refractivity contribution >= 4 is 18.6 Å². The van der Waals surface area contributed by atoms with E-state index in [-0.39, 0.29) is 11.0 Å². The average molecular weight is 265 g/mol. The molecule has 6 heteroatoms. The molecule has 0 aliphatic heterocycles. The highest BCUT2D eigenvalue weighted by atomic mass is 31.2. The lowest BCUT2D eigenvalue weighted by molar-refractivity contribution is 0.387. The number of benzene rings is 2. The highest BCUT2D eigenvalue weighted by Gasteiger charge is 2.18. The highest BCUT2D eigenvalue weighted by Crippen LogP contribution is 2.36. The maximum Gasteiger partial charge on any atom is 0.356 e. The van der Waals surface area contributed by atoms with E-state index in [1.165, 1.54) is 18.2 Å². The van der Waals surface area contributed by atoms with Crippen LogP contribution in [0.1, 0.15) is 0 Å². The molecule has 4 N–H and O–H groups in total. The van der Waals surface area contributed by atoms with Crippen LogP contribution in [0.15, 0.2) is 48.5 Å². The molecule has 0 aromatic heterocycles.